The zero-order valence-electron chi connectivity index (χ0n) is 9.79. The molecule has 1 amide bonds. The van der Waals surface area contributed by atoms with E-state index in [1.54, 1.807) is 6.07 Å². The Kier molecular flexibility index (Phi) is 2.74. The van der Waals surface area contributed by atoms with Crippen LogP contribution in [0.4, 0.5) is 0 Å². The predicted octanol–water partition coefficient (Wildman–Crippen LogP) is 1.98. The number of benzene rings is 1. The zero-order chi connectivity index (χ0) is 12.8. The summed E-state index contributed by atoms with van der Waals surface area (Å²) in [4.78, 5) is 23.0. The number of nitrogens with two attached hydrogens (primary N) is 1. The SMILES string of the molecule is CC(=O)[C@H]1C[C@]1(C(N)=O)c1ccc(C)c(Cl)c1. The second-order valence-electron chi connectivity index (χ2n) is 4.67. The number of ketones is 1. The highest BCUT2D eigenvalue weighted by atomic mass is 35.5. The van der Waals surface area contributed by atoms with Crippen LogP contribution < -0.4 is 5.73 Å². The Morgan fingerprint density at radius 3 is 2.53 bits per heavy atom. The third-order valence-corrected chi connectivity index (χ3v) is 3.99. The molecule has 0 aromatic heterocycles. The lowest BCUT2D eigenvalue weighted by atomic mass is 9.91. The number of aryl methyl sites for hydroxylation is 1. The Labute approximate surface area is 105 Å². The van der Waals surface area contributed by atoms with Crippen molar-refractivity contribution in [3.05, 3.63) is 34.3 Å². The van der Waals surface area contributed by atoms with Gasteiger partial charge in [0.1, 0.15) is 5.78 Å². The number of amides is 1. The summed E-state index contributed by atoms with van der Waals surface area (Å²) in [6, 6.07) is 5.41. The third kappa shape index (κ3) is 1.75. The number of hydrogen-bond acceptors (Lipinski definition) is 2. The van der Waals surface area contributed by atoms with Crippen LogP contribution in [0.5, 0.6) is 0 Å². The van der Waals surface area contributed by atoms with Crippen LogP contribution >= 0.6 is 11.6 Å². The summed E-state index contributed by atoms with van der Waals surface area (Å²) in [6.45, 7) is 3.38. The second kappa shape index (κ2) is 3.84. The van der Waals surface area contributed by atoms with Crippen molar-refractivity contribution < 1.29 is 9.59 Å². The summed E-state index contributed by atoms with van der Waals surface area (Å²) in [6.07, 6.45) is 0.497. The first-order chi connectivity index (χ1) is 7.89. The van der Waals surface area contributed by atoms with E-state index in [0.717, 1.165) is 11.1 Å². The van der Waals surface area contributed by atoms with Crippen molar-refractivity contribution in [2.24, 2.45) is 11.7 Å². The van der Waals surface area contributed by atoms with Crippen molar-refractivity contribution in [2.75, 3.05) is 0 Å². The molecule has 0 radical (unpaired) electrons. The fraction of sp³-hybridized carbons (Fsp3) is 0.385. The van der Waals surface area contributed by atoms with Gasteiger partial charge in [0.05, 0.1) is 5.41 Å². The Bertz CT molecular complexity index is 512. The molecular weight excluding hydrogens is 238 g/mol. The minimum absolute atomic E-state index is 0.000461. The molecule has 0 aliphatic heterocycles. The number of halogens is 1. The Balaban J connectivity index is 2.46. The van der Waals surface area contributed by atoms with Gasteiger partial charge in [-0.15, -0.1) is 0 Å². The highest BCUT2D eigenvalue weighted by molar-refractivity contribution is 6.31. The molecule has 3 nitrogen and oxygen atoms in total. The van der Waals surface area contributed by atoms with Crippen LogP contribution in [0.15, 0.2) is 18.2 Å². The topological polar surface area (TPSA) is 60.2 Å². The highest BCUT2D eigenvalue weighted by Gasteiger charge is 2.62. The number of Topliss-reactive ketones (excluding diaryl/α,β-unsaturated/α-hetero) is 1. The molecule has 0 unspecified atom stereocenters. The summed E-state index contributed by atoms with van der Waals surface area (Å²) in [5, 5.41) is 0.595. The number of rotatable bonds is 3. The van der Waals surface area contributed by atoms with Crippen LogP contribution in [0.25, 0.3) is 0 Å². The van der Waals surface area contributed by atoms with Gasteiger partial charge in [-0.2, -0.15) is 0 Å². The highest BCUT2D eigenvalue weighted by Crippen LogP contribution is 2.55. The van der Waals surface area contributed by atoms with Crippen LogP contribution in [0.2, 0.25) is 5.02 Å². The maximum atomic E-state index is 11.6. The van der Waals surface area contributed by atoms with E-state index in [9.17, 15) is 9.59 Å². The van der Waals surface area contributed by atoms with Crippen LogP contribution in [-0.4, -0.2) is 11.7 Å². The van der Waals surface area contributed by atoms with Crippen LogP contribution in [0, 0.1) is 12.8 Å². The first-order valence-electron chi connectivity index (χ1n) is 5.46. The van der Waals surface area contributed by atoms with Crippen molar-refractivity contribution in [1.82, 2.24) is 0 Å². The standard InChI is InChI=1S/C13H14ClNO2/c1-7-3-4-9(5-11(7)14)13(12(15)17)6-10(13)8(2)16/h3-5,10H,6H2,1-2H3,(H2,15,17)/t10-,13+/m1/s1. The lowest BCUT2D eigenvalue weighted by Gasteiger charge is -2.14. The summed E-state index contributed by atoms with van der Waals surface area (Å²) in [5.41, 5.74) is 6.31. The van der Waals surface area contributed by atoms with Gasteiger partial charge in [-0.05, 0) is 37.5 Å². The normalized spacial score (nSPS) is 26.6. The molecule has 1 aliphatic carbocycles. The lowest BCUT2D eigenvalue weighted by Crippen LogP contribution is -2.31. The maximum Gasteiger partial charge on any atom is 0.228 e. The van der Waals surface area contributed by atoms with E-state index in [4.69, 9.17) is 17.3 Å². The molecule has 1 aliphatic rings. The molecule has 17 heavy (non-hydrogen) atoms. The smallest absolute Gasteiger partial charge is 0.228 e. The molecule has 0 saturated heterocycles. The molecule has 1 fully saturated rings. The molecule has 2 rings (SSSR count). The molecule has 4 heteroatoms. The first kappa shape index (κ1) is 12.1. The fourth-order valence-corrected chi connectivity index (χ4v) is 2.54. The van der Waals surface area contributed by atoms with E-state index in [0.29, 0.717) is 11.4 Å². The minimum atomic E-state index is -0.830. The molecule has 0 spiro atoms. The summed E-state index contributed by atoms with van der Waals surface area (Å²) >= 11 is 6.04. The zero-order valence-corrected chi connectivity index (χ0v) is 10.5. The van der Waals surface area contributed by atoms with E-state index in [-0.39, 0.29) is 11.7 Å². The van der Waals surface area contributed by atoms with Gasteiger partial charge >= 0.3 is 0 Å². The lowest BCUT2D eigenvalue weighted by molar-refractivity contribution is -0.124. The van der Waals surface area contributed by atoms with Crippen molar-refractivity contribution in [3.63, 3.8) is 0 Å². The van der Waals surface area contributed by atoms with Crippen molar-refractivity contribution in [3.8, 4) is 0 Å². The number of carbonyl (C=O) groups is 2. The predicted molar refractivity (Wildman–Crippen MR) is 65.8 cm³/mol. The van der Waals surface area contributed by atoms with Gasteiger partial charge in [0.15, 0.2) is 0 Å². The van der Waals surface area contributed by atoms with Crippen LogP contribution in [-0.2, 0) is 15.0 Å². The van der Waals surface area contributed by atoms with Gasteiger partial charge in [-0.3, -0.25) is 9.59 Å². The minimum Gasteiger partial charge on any atom is -0.369 e. The van der Waals surface area contributed by atoms with Crippen molar-refractivity contribution in [2.45, 2.75) is 25.7 Å². The Morgan fingerprint density at radius 1 is 1.47 bits per heavy atom. The fourth-order valence-electron chi connectivity index (χ4n) is 2.36. The molecule has 90 valence electrons. The second-order valence-corrected chi connectivity index (χ2v) is 5.07. The largest absolute Gasteiger partial charge is 0.369 e. The van der Waals surface area contributed by atoms with Gasteiger partial charge in [-0.1, -0.05) is 23.7 Å². The number of carbonyl (C=O) groups excluding carboxylic acids is 2. The van der Waals surface area contributed by atoms with Gasteiger partial charge in [0.2, 0.25) is 5.91 Å². The summed E-state index contributed by atoms with van der Waals surface area (Å²) in [5.74, 6) is -0.739. The third-order valence-electron chi connectivity index (χ3n) is 3.58. The average Bonchev–Trinajstić information content (AvgIpc) is 2.98. The Morgan fingerprint density at radius 2 is 2.12 bits per heavy atom. The number of primary amides is 1. The van der Waals surface area contributed by atoms with Gasteiger partial charge in [0.25, 0.3) is 0 Å². The quantitative estimate of drug-likeness (QED) is 0.893. The molecule has 0 heterocycles. The molecule has 2 N–H and O–H groups in total. The van der Waals surface area contributed by atoms with Gasteiger partial charge in [0, 0.05) is 10.9 Å². The summed E-state index contributed by atoms with van der Waals surface area (Å²) in [7, 11) is 0. The molecular formula is C13H14ClNO2. The van der Waals surface area contributed by atoms with Crippen LogP contribution in [0.1, 0.15) is 24.5 Å². The molecule has 1 aromatic carbocycles. The van der Waals surface area contributed by atoms with E-state index in [1.165, 1.54) is 6.92 Å². The van der Waals surface area contributed by atoms with Crippen molar-refractivity contribution >= 4 is 23.3 Å². The first-order valence-corrected chi connectivity index (χ1v) is 5.84. The van der Waals surface area contributed by atoms with Crippen molar-refractivity contribution in [1.29, 1.82) is 0 Å². The van der Waals surface area contributed by atoms with E-state index < -0.39 is 11.3 Å². The monoisotopic (exact) mass is 251 g/mol. The number of hydrogen-bond donors (Lipinski definition) is 1. The molecule has 1 saturated carbocycles. The maximum absolute atomic E-state index is 11.6. The van der Waals surface area contributed by atoms with E-state index in [1.807, 2.05) is 19.1 Å². The van der Waals surface area contributed by atoms with Crippen LogP contribution in [0.3, 0.4) is 0 Å². The molecule has 2 atom stereocenters. The average molecular weight is 252 g/mol. The molecule has 1 aromatic rings. The molecule has 0 bridgehead atoms. The Hall–Kier alpha value is -1.35. The van der Waals surface area contributed by atoms with Gasteiger partial charge < -0.3 is 5.73 Å². The van der Waals surface area contributed by atoms with Gasteiger partial charge in [-0.25, -0.2) is 0 Å². The van der Waals surface area contributed by atoms with E-state index >= 15 is 0 Å². The summed E-state index contributed by atoms with van der Waals surface area (Å²) < 4.78 is 0. The van der Waals surface area contributed by atoms with E-state index in [2.05, 4.69) is 0 Å².